The van der Waals surface area contributed by atoms with Crippen molar-refractivity contribution in [3.05, 3.63) is 70.8 Å². The maximum Gasteiger partial charge on any atom is 0.335 e. The number of rotatable bonds is 3. The highest BCUT2D eigenvalue weighted by molar-refractivity contribution is 7.80. The maximum absolute atomic E-state index is 12.3. The normalized spacial score (nSPS) is 13.4. The summed E-state index contributed by atoms with van der Waals surface area (Å²) in [5.41, 5.74) is 2.45. The van der Waals surface area contributed by atoms with Crippen molar-refractivity contribution in [3.8, 4) is 0 Å². The Morgan fingerprint density at radius 3 is 2.24 bits per heavy atom. The quantitative estimate of drug-likeness (QED) is 0.885. The van der Waals surface area contributed by atoms with Gasteiger partial charge in [-0.05, 0) is 23.8 Å². The summed E-state index contributed by atoms with van der Waals surface area (Å²) in [7, 11) is 0. The zero-order valence-electron chi connectivity index (χ0n) is 10.9. The minimum Gasteiger partial charge on any atom is -0.478 e. The molecular weight excluding hydrogens is 286 g/mol. The molecule has 21 heavy (non-hydrogen) atoms. The molecule has 0 spiro atoms. The third-order valence-corrected chi connectivity index (χ3v) is 3.86. The molecule has 5 heteroatoms. The molecule has 0 atom stereocenters. The Hall–Kier alpha value is -2.53. The number of hydrogen-bond donors (Lipinski definition) is 1. The van der Waals surface area contributed by atoms with Gasteiger partial charge in [0, 0.05) is 5.56 Å². The number of carbonyl (C=O) groups is 2. The molecule has 1 N–H and O–H groups in total. The van der Waals surface area contributed by atoms with E-state index < -0.39 is 5.97 Å². The highest BCUT2D eigenvalue weighted by atomic mass is 32.1. The van der Waals surface area contributed by atoms with Gasteiger partial charge < -0.3 is 5.11 Å². The summed E-state index contributed by atoms with van der Waals surface area (Å²) in [5, 5.41) is 8.88. The van der Waals surface area contributed by atoms with Gasteiger partial charge in [0.2, 0.25) is 0 Å². The standard InChI is InChI=1S/C16H11NO3S/c18-14-12-3-1-2-4-13(12)15(21)17(14)9-10-5-7-11(8-6-10)16(19)20/h1-8H,9H2,(H,19,20). The molecule has 0 aliphatic carbocycles. The first kappa shape index (κ1) is 13.5. The minimum atomic E-state index is -0.971. The van der Waals surface area contributed by atoms with Gasteiger partial charge >= 0.3 is 5.97 Å². The fourth-order valence-electron chi connectivity index (χ4n) is 2.32. The molecule has 0 saturated carbocycles. The van der Waals surface area contributed by atoms with Gasteiger partial charge in [-0.2, -0.15) is 0 Å². The largest absolute Gasteiger partial charge is 0.478 e. The fourth-order valence-corrected chi connectivity index (χ4v) is 2.64. The first-order valence-corrected chi connectivity index (χ1v) is 6.76. The zero-order valence-corrected chi connectivity index (χ0v) is 11.8. The van der Waals surface area contributed by atoms with Crippen molar-refractivity contribution in [1.82, 2.24) is 4.90 Å². The molecule has 0 unspecified atom stereocenters. The van der Waals surface area contributed by atoms with Crippen molar-refractivity contribution in [3.63, 3.8) is 0 Å². The van der Waals surface area contributed by atoms with E-state index in [2.05, 4.69) is 0 Å². The summed E-state index contributed by atoms with van der Waals surface area (Å²) in [6.07, 6.45) is 0. The van der Waals surface area contributed by atoms with Gasteiger partial charge in [0.25, 0.3) is 5.91 Å². The van der Waals surface area contributed by atoms with E-state index in [4.69, 9.17) is 17.3 Å². The number of nitrogens with zero attached hydrogens (tertiary/aromatic N) is 1. The molecule has 1 heterocycles. The number of benzene rings is 2. The minimum absolute atomic E-state index is 0.113. The number of amides is 1. The number of hydrogen-bond acceptors (Lipinski definition) is 3. The summed E-state index contributed by atoms with van der Waals surface area (Å²) in [5.74, 6) is -1.08. The van der Waals surface area contributed by atoms with Gasteiger partial charge in [0.05, 0.1) is 17.7 Å². The van der Waals surface area contributed by atoms with Crippen molar-refractivity contribution < 1.29 is 14.7 Å². The third-order valence-electron chi connectivity index (χ3n) is 3.42. The number of fused-ring (bicyclic) bond motifs is 1. The van der Waals surface area contributed by atoms with E-state index in [1.165, 1.54) is 17.0 Å². The van der Waals surface area contributed by atoms with E-state index in [1.54, 1.807) is 18.2 Å². The van der Waals surface area contributed by atoms with E-state index in [0.717, 1.165) is 11.1 Å². The Labute approximate surface area is 126 Å². The summed E-state index contributed by atoms with van der Waals surface area (Å²) in [6, 6.07) is 13.7. The monoisotopic (exact) mass is 297 g/mol. The second-order valence-corrected chi connectivity index (χ2v) is 5.13. The molecule has 4 nitrogen and oxygen atoms in total. The molecule has 0 bridgehead atoms. The molecule has 3 rings (SSSR count). The lowest BCUT2D eigenvalue weighted by Gasteiger charge is -2.16. The van der Waals surface area contributed by atoms with Gasteiger partial charge in [0.15, 0.2) is 0 Å². The molecule has 1 amide bonds. The topological polar surface area (TPSA) is 57.6 Å². The Bertz CT molecular complexity index is 717. The van der Waals surface area contributed by atoms with Crippen LogP contribution in [0.25, 0.3) is 0 Å². The highest BCUT2D eigenvalue weighted by Crippen LogP contribution is 2.25. The average Bonchev–Trinajstić information content (AvgIpc) is 2.73. The fraction of sp³-hybridized carbons (Fsp3) is 0.0625. The van der Waals surface area contributed by atoms with Crippen LogP contribution in [0.1, 0.15) is 31.8 Å². The van der Waals surface area contributed by atoms with E-state index in [9.17, 15) is 9.59 Å². The van der Waals surface area contributed by atoms with E-state index in [1.807, 2.05) is 18.2 Å². The van der Waals surface area contributed by atoms with Gasteiger partial charge in [-0.1, -0.05) is 42.5 Å². The number of thiocarbonyl (C=S) groups is 1. The number of carboxylic acids is 1. The van der Waals surface area contributed by atoms with Crippen LogP contribution in [0.2, 0.25) is 0 Å². The van der Waals surface area contributed by atoms with Gasteiger partial charge in [-0.15, -0.1) is 0 Å². The number of aromatic carboxylic acids is 1. The van der Waals surface area contributed by atoms with Crippen molar-refractivity contribution in [1.29, 1.82) is 0 Å². The molecular formula is C16H11NO3S. The SMILES string of the molecule is O=C(O)c1ccc(CN2C(=O)c3ccccc3C2=S)cc1. The van der Waals surface area contributed by atoms with Crippen LogP contribution in [-0.2, 0) is 6.54 Å². The van der Waals surface area contributed by atoms with Crippen molar-refractivity contribution in [2.75, 3.05) is 0 Å². The second kappa shape index (κ2) is 5.10. The van der Waals surface area contributed by atoms with Crippen LogP contribution in [0.15, 0.2) is 48.5 Å². The van der Waals surface area contributed by atoms with E-state index in [0.29, 0.717) is 17.1 Å². The Kier molecular flexibility index (Phi) is 3.27. The van der Waals surface area contributed by atoms with Crippen LogP contribution in [0.5, 0.6) is 0 Å². The Balaban J connectivity index is 1.85. The van der Waals surface area contributed by atoms with Gasteiger partial charge in [-0.25, -0.2) is 4.79 Å². The first-order valence-electron chi connectivity index (χ1n) is 6.35. The molecule has 2 aromatic rings. The first-order chi connectivity index (χ1) is 10.1. The van der Waals surface area contributed by atoms with Crippen molar-refractivity contribution >= 4 is 29.1 Å². The molecule has 0 aromatic heterocycles. The Morgan fingerprint density at radius 2 is 1.67 bits per heavy atom. The summed E-state index contributed by atoms with van der Waals surface area (Å²) >= 11 is 5.35. The lowest BCUT2D eigenvalue weighted by molar-refractivity contribution is 0.0696. The predicted octanol–water partition coefficient (Wildman–Crippen LogP) is 2.72. The number of carbonyl (C=O) groups excluding carboxylic acids is 1. The molecule has 1 aliphatic rings. The van der Waals surface area contributed by atoms with Crippen molar-refractivity contribution in [2.24, 2.45) is 0 Å². The highest BCUT2D eigenvalue weighted by Gasteiger charge is 2.31. The molecule has 104 valence electrons. The van der Waals surface area contributed by atoms with Crippen LogP contribution < -0.4 is 0 Å². The lowest BCUT2D eigenvalue weighted by Crippen LogP contribution is -2.28. The van der Waals surface area contributed by atoms with E-state index >= 15 is 0 Å². The average molecular weight is 297 g/mol. The summed E-state index contributed by atoms with van der Waals surface area (Å²) in [6.45, 7) is 0.340. The summed E-state index contributed by atoms with van der Waals surface area (Å²) < 4.78 is 0. The van der Waals surface area contributed by atoms with Crippen LogP contribution in [0.4, 0.5) is 0 Å². The Morgan fingerprint density at radius 1 is 1.05 bits per heavy atom. The molecule has 1 aliphatic heterocycles. The maximum atomic E-state index is 12.3. The van der Waals surface area contributed by atoms with Gasteiger partial charge in [-0.3, -0.25) is 9.69 Å². The second-order valence-electron chi connectivity index (χ2n) is 4.74. The van der Waals surface area contributed by atoms with Crippen LogP contribution in [-0.4, -0.2) is 26.9 Å². The summed E-state index contributed by atoms with van der Waals surface area (Å²) in [4.78, 5) is 25.2. The lowest BCUT2D eigenvalue weighted by atomic mass is 10.1. The zero-order chi connectivity index (χ0) is 15.0. The molecule has 0 fully saturated rings. The molecule has 0 saturated heterocycles. The van der Waals surface area contributed by atoms with Crippen molar-refractivity contribution in [2.45, 2.75) is 6.54 Å². The van der Waals surface area contributed by atoms with Crippen LogP contribution >= 0.6 is 12.2 Å². The van der Waals surface area contributed by atoms with E-state index in [-0.39, 0.29) is 11.5 Å². The number of carboxylic acid groups (broad SMARTS) is 1. The molecule has 0 radical (unpaired) electrons. The predicted molar refractivity (Wildman–Crippen MR) is 81.4 cm³/mol. The van der Waals surface area contributed by atoms with Crippen LogP contribution in [0.3, 0.4) is 0 Å². The smallest absolute Gasteiger partial charge is 0.335 e. The molecule has 2 aromatic carbocycles. The van der Waals surface area contributed by atoms with Crippen LogP contribution in [0, 0.1) is 0 Å². The van der Waals surface area contributed by atoms with Gasteiger partial charge in [0.1, 0.15) is 4.99 Å². The third kappa shape index (κ3) is 2.32.